The van der Waals surface area contributed by atoms with Gasteiger partial charge in [0, 0.05) is 26.2 Å². The first-order valence-electron chi connectivity index (χ1n) is 10.6. The number of anilines is 2. The summed E-state index contributed by atoms with van der Waals surface area (Å²) in [6.45, 7) is 8.33. The lowest BCUT2D eigenvalue weighted by atomic mass is 9.86. The summed E-state index contributed by atoms with van der Waals surface area (Å²) in [6, 6.07) is 12.5. The highest BCUT2D eigenvalue weighted by Crippen LogP contribution is 2.36. The normalized spacial score (nSPS) is 16.8. The molecule has 2 aromatic carbocycles. The second-order valence-electron chi connectivity index (χ2n) is 9.02. The van der Waals surface area contributed by atoms with Crippen molar-refractivity contribution in [2.75, 3.05) is 49.1 Å². The minimum absolute atomic E-state index is 0.0241. The molecule has 0 radical (unpaired) electrons. The Morgan fingerprint density at radius 1 is 1.03 bits per heavy atom. The minimum atomic E-state index is -0.257. The van der Waals surface area contributed by atoms with Crippen LogP contribution in [-0.4, -0.2) is 56.0 Å². The van der Waals surface area contributed by atoms with E-state index in [1.807, 2.05) is 29.2 Å². The quantitative estimate of drug-likeness (QED) is 0.758. The van der Waals surface area contributed by atoms with Crippen LogP contribution in [0.3, 0.4) is 0 Å². The Morgan fingerprint density at radius 2 is 1.74 bits per heavy atom. The van der Waals surface area contributed by atoms with Crippen molar-refractivity contribution in [3.05, 3.63) is 53.8 Å². The van der Waals surface area contributed by atoms with Crippen molar-refractivity contribution in [1.29, 1.82) is 0 Å². The number of hydrogen-bond donors (Lipinski definition) is 0. The zero-order valence-electron chi connectivity index (χ0n) is 18.2. The van der Waals surface area contributed by atoms with Crippen LogP contribution in [0.2, 0.25) is 0 Å². The topological polar surface area (TPSA) is 53.1 Å². The van der Waals surface area contributed by atoms with Gasteiger partial charge in [0.25, 0.3) is 5.91 Å². The summed E-state index contributed by atoms with van der Waals surface area (Å²) in [6.07, 6.45) is 0. The summed E-state index contributed by atoms with van der Waals surface area (Å²) in [5.74, 6) is 0.0280. The van der Waals surface area contributed by atoms with E-state index in [2.05, 4.69) is 20.8 Å². The van der Waals surface area contributed by atoms with Crippen molar-refractivity contribution in [3.63, 3.8) is 0 Å². The molecule has 1 saturated heterocycles. The zero-order chi connectivity index (χ0) is 22.2. The van der Waals surface area contributed by atoms with Crippen LogP contribution in [0.4, 0.5) is 15.8 Å². The molecule has 0 saturated carbocycles. The number of benzene rings is 2. The van der Waals surface area contributed by atoms with Gasteiger partial charge in [0.15, 0.2) is 6.61 Å². The second-order valence-corrected chi connectivity index (χ2v) is 9.02. The van der Waals surface area contributed by atoms with E-state index >= 15 is 0 Å². The van der Waals surface area contributed by atoms with Crippen LogP contribution in [0.1, 0.15) is 26.3 Å². The minimum Gasteiger partial charge on any atom is -0.482 e. The van der Waals surface area contributed by atoms with Gasteiger partial charge < -0.3 is 14.5 Å². The largest absolute Gasteiger partial charge is 0.482 e. The molecule has 164 valence electrons. The monoisotopic (exact) mass is 425 g/mol. The molecule has 0 N–H and O–H groups in total. The summed E-state index contributed by atoms with van der Waals surface area (Å²) in [4.78, 5) is 30.7. The molecule has 7 heteroatoms. The molecule has 0 unspecified atom stereocenters. The lowest BCUT2D eigenvalue weighted by molar-refractivity contribution is -0.132. The molecule has 0 aromatic heterocycles. The van der Waals surface area contributed by atoms with Gasteiger partial charge in [-0.2, -0.15) is 0 Å². The number of nitrogens with zero attached hydrogens (tertiary/aromatic N) is 3. The Balaban J connectivity index is 1.43. The Kier molecular flexibility index (Phi) is 5.60. The van der Waals surface area contributed by atoms with E-state index in [1.54, 1.807) is 17.0 Å². The Hall–Kier alpha value is -3.09. The highest BCUT2D eigenvalue weighted by molar-refractivity contribution is 6.02. The number of hydrogen-bond acceptors (Lipinski definition) is 4. The fourth-order valence-electron chi connectivity index (χ4n) is 3.98. The van der Waals surface area contributed by atoms with Gasteiger partial charge >= 0.3 is 0 Å². The Morgan fingerprint density at radius 3 is 2.42 bits per heavy atom. The molecule has 0 bridgehead atoms. The molecule has 31 heavy (non-hydrogen) atoms. The maximum Gasteiger partial charge on any atom is 0.265 e. The average Bonchev–Trinajstić information content (AvgIpc) is 2.75. The molecule has 2 aliphatic rings. The lowest BCUT2D eigenvalue weighted by Crippen LogP contribution is -2.53. The number of amides is 2. The smallest absolute Gasteiger partial charge is 0.265 e. The maximum absolute atomic E-state index is 14.0. The molecule has 2 heterocycles. The number of halogens is 1. The predicted octanol–water partition coefficient (Wildman–Crippen LogP) is 3.20. The molecule has 2 aliphatic heterocycles. The Labute approximate surface area is 182 Å². The lowest BCUT2D eigenvalue weighted by Gasteiger charge is -2.37. The summed E-state index contributed by atoms with van der Waals surface area (Å²) in [5, 5.41) is 0. The first-order valence-corrected chi connectivity index (χ1v) is 10.6. The molecule has 0 aliphatic carbocycles. The van der Waals surface area contributed by atoms with Crippen LogP contribution in [0, 0.1) is 5.82 Å². The molecule has 4 rings (SSSR count). The number of fused-ring (bicyclic) bond motifs is 1. The van der Waals surface area contributed by atoms with Crippen molar-refractivity contribution >= 4 is 23.2 Å². The third kappa shape index (κ3) is 4.36. The Bertz CT molecular complexity index is 994. The number of ether oxygens (including phenoxy) is 1. The standard InChI is InChI=1S/C24H28FN3O3/c1-24(2,3)17-8-9-20-21(14-17)31-16-23(30)28(20)15-22(29)27-12-10-26(11-13-27)19-7-5-4-6-18(19)25/h4-9,14H,10-13,15-16H2,1-3H3. The average molecular weight is 426 g/mol. The van der Waals surface area contributed by atoms with E-state index in [4.69, 9.17) is 4.74 Å². The highest BCUT2D eigenvalue weighted by atomic mass is 19.1. The van der Waals surface area contributed by atoms with Gasteiger partial charge in [-0.3, -0.25) is 14.5 Å². The number of carbonyl (C=O) groups is 2. The van der Waals surface area contributed by atoms with E-state index in [-0.39, 0.29) is 36.2 Å². The SMILES string of the molecule is CC(C)(C)c1ccc2c(c1)OCC(=O)N2CC(=O)N1CCN(c2ccccc2F)CC1. The second kappa shape index (κ2) is 8.21. The van der Waals surface area contributed by atoms with Gasteiger partial charge in [-0.1, -0.05) is 39.0 Å². The number of carbonyl (C=O) groups excluding carboxylic acids is 2. The summed E-state index contributed by atoms with van der Waals surface area (Å²) < 4.78 is 19.7. The predicted molar refractivity (Wildman–Crippen MR) is 118 cm³/mol. The van der Waals surface area contributed by atoms with Crippen molar-refractivity contribution in [2.24, 2.45) is 0 Å². The fourth-order valence-corrected chi connectivity index (χ4v) is 3.98. The van der Waals surface area contributed by atoms with E-state index < -0.39 is 0 Å². The van der Waals surface area contributed by atoms with Crippen LogP contribution in [-0.2, 0) is 15.0 Å². The number of para-hydroxylation sites is 1. The van der Waals surface area contributed by atoms with E-state index in [1.165, 1.54) is 11.0 Å². The van der Waals surface area contributed by atoms with Gasteiger partial charge in [0.2, 0.25) is 5.91 Å². The molecule has 0 spiro atoms. The third-order valence-corrected chi connectivity index (χ3v) is 5.89. The van der Waals surface area contributed by atoms with Crippen molar-refractivity contribution in [3.8, 4) is 5.75 Å². The third-order valence-electron chi connectivity index (χ3n) is 5.89. The molecule has 1 fully saturated rings. The maximum atomic E-state index is 14.0. The first kappa shape index (κ1) is 21.2. The van der Waals surface area contributed by atoms with Crippen molar-refractivity contribution in [2.45, 2.75) is 26.2 Å². The highest BCUT2D eigenvalue weighted by Gasteiger charge is 2.31. The van der Waals surface area contributed by atoms with Crippen molar-refractivity contribution in [1.82, 2.24) is 4.90 Å². The van der Waals surface area contributed by atoms with E-state index in [0.717, 1.165) is 5.56 Å². The van der Waals surface area contributed by atoms with Gasteiger partial charge in [-0.05, 0) is 35.2 Å². The molecule has 6 nitrogen and oxygen atoms in total. The molecular weight excluding hydrogens is 397 g/mol. The molecular formula is C24H28FN3O3. The van der Waals surface area contributed by atoms with Crippen LogP contribution in [0.25, 0.3) is 0 Å². The van der Waals surface area contributed by atoms with Crippen LogP contribution in [0.5, 0.6) is 5.75 Å². The van der Waals surface area contributed by atoms with E-state index in [0.29, 0.717) is 43.3 Å². The summed E-state index contributed by atoms with van der Waals surface area (Å²) in [5.41, 5.74) is 2.25. The first-order chi connectivity index (χ1) is 14.7. The van der Waals surface area contributed by atoms with Gasteiger partial charge in [0.05, 0.1) is 11.4 Å². The van der Waals surface area contributed by atoms with Crippen LogP contribution < -0.4 is 14.5 Å². The summed E-state index contributed by atoms with van der Waals surface area (Å²) in [7, 11) is 0. The number of rotatable bonds is 3. The molecule has 2 amide bonds. The van der Waals surface area contributed by atoms with Crippen LogP contribution >= 0.6 is 0 Å². The van der Waals surface area contributed by atoms with Gasteiger partial charge in [0.1, 0.15) is 18.1 Å². The van der Waals surface area contributed by atoms with Crippen LogP contribution in [0.15, 0.2) is 42.5 Å². The van der Waals surface area contributed by atoms with Gasteiger partial charge in [-0.15, -0.1) is 0 Å². The molecule has 0 atom stereocenters. The zero-order valence-corrected chi connectivity index (χ0v) is 18.2. The molecule has 2 aromatic rings. The van der Waals surface area contributed by atoms with Crippen molar-refractivity contribution < 1.29 is 18.7 Å². The van der Waals surface area contributed by atoms with E-state index in [9.17, 15) is 14.0 Å². The van der Waals surface area contributed by atoms with Gasteiger partial charge in [-0.25, -0.2) is 4.39 Å². The summed E-state index contributed by atoms with van der Waals surface area (Å²) >= 11 is 0. The number of piperazine rings is 1. The fraction of sp³-hybridized carbons (Fsp3) is 0.417.